The number of fused-ring (bicyclic) bond motifs is 4. The Labute approximate surface area is 166 Å². The van der Waals surface area contributed by atoms with Gasteiger partial charge in [0.1, 0.15) is 0 Å². The first kappa shape index (κ1) is 18.6. The predicted molar refractivity (Wildman–Crippen MR) is 109 cm³/mol. The van der Waals surface area contributed by atoms with Gasteiger partial charge in [0.25, 0.3) is 12.4 Å². The highest BCUT2D eigenvalue weighted by molar-refractivity contribution is 7.13. The van der Waals surface area contributed by atoms with Gasteiger partial charge in [0.2, 0.25) is 0 Å². The number of aromatic amines is 1. The van der Waals surface area contributed by atoms with Crippen molar-refractivity contribution in [3.63, 3.8) is 0 Å². The first-order valence-electron chi connectivity index (χ1n) is 9.32. The zero-order chi connectivity index (χ0) is 19.5. The van der Waals surface area contributed by atoms with E-state index in [1.807, 2.05) is 12.1 Å². The molecule has 1 aromatic carbocycles. The van der Waals surface area contributed by atoms with Crippen LogP contribution in [0.25, 0.3) is 21.3 Å². The lowest BCUT2D eigenvalue weighted by atomic mass is 9.84. The summed E-state index contributed by atoms with van der Waals surface area (Å²) < 4.78 is 0. The van der Waals surface area contributed by atoms with Crippen LogP contribution in [0.5, 0.6) is 0 Å². The van der Waals surface area contributed by atoms with Crippen LogP contribution in [0.1, 0.15) is 23.3 Å². The molecule has 3 N–H and O–H groups in total. The molecule has 6 rings (SSSR count). The van der Waals surface area contributed by atoms with E-state index < -0.39 is 0 Å². The summed E-state index contributed by atoms with van der Waals surface area (Å²) in [5, 5.41) is 20.4. The molecule has 3 saturated heterocycles. The predicted octanol–water partition coefficient (Wildman–Crippen LogP) is 2.82. The number of carbonyl (C=O) groups is 2. The largest absolute Gasteiger partial charge is 0.483 e. The Kier molecular flexibility index (Phi) is 5.40. The molecule has 0 spiro atoms. The molecule has 0 unspecified atom stereocenters. The first-order valence-corrected chi connectivity index (χ1v) is 10.2. The summed E-state index contributed by atoms with van der Waals surface area (Å²) in [6, 6.07) is 10.5. The standard InChI is InChI=1S/C19H20N4OS.CH2O2/c24-19(20-16-11-23-7-5-12(16)6-8-23)18-14-4-3-13(10-15(14)21-22-18)17-2-1-9-25-17;2-1-3/h1-4,9-10,12,16H,5-8,11H2,(H,20,24)(H,21,22);1H,(H,2,3)/t16-;/m1./s1. The molecule has 3 fully saturated rings. The summed E-state index contributed by atoms with van der Waals surface area (Å²) in [6.07, 6.45) is 2.38. The molecule has 0 radical (unpaired) electrons. The number of carbonyl (C=O) groups excluding carboxylic acids is 1. The smallest absolute Gasteiger partial charge is 0.290 e. The van der Waals surface area contributed by atoms with Crippen LogP contribution in [0.15, 0.2) is 35.7 Å². The molecular weight excluding hydrogens is 376 g/mol. The van der Waals surface area contributed by atoms with Gasteiger partial charge >= 0.3 is 0 Å². The molecule has 3 aliphatic heterocycles. The minimum Gasteiger partial charge on any atom is -0.483 e. The molecule has 0 saturated carbocycles. The summed E-state index contributed by atoms with van der Waals surface area (Å²) in [4.78, 5) is 24.8. The quantitative estimate of drug-likeness (QED) is 0.590. The molecule has 3 aromatic rings. The molecular formula is C20H22N4O3S. The summed E-state index contributed by atoms with van der Waals surface area (Å²) in [5.41, 5.74) is 2.56. The monoisotopic (exact) mass is 398 g/mol. The third-order valence-corrected chi connectivity index (χ3v) is 6.48. The van der Waals surface area contributed by atoms with Crippen molar-refractivity contribution in [2.24, 2.45) is 5.92 Å². The number of amides is 1. The van der Waals surface area contributed by atoms with Crippen LogP contribution in [0.4, 0.5) is 0 Å². The Bertz CT molecular complexity index is 961. The van der Waals surface area contributed by atoms with E-state index in [2.05, 4.69) is 44.0 Å². The highest BCUT2D eigenvalue weighted by Crippen LogP contribution is 2.30. The molecule has 2 aromatic heterocycles. The van der Waals surface area contributed by atoms with E-state index in [1.54, 1.807) is 11.3 Å². The number of H-pyrrole nitrogens is 1. The van der Waals surface area contributed by atoms with Crippen molar-refractivity contribution in [2.75, 3.05) is 19.6 Å². The Morgan fingerprint density at radius 3 is 2.75 bits per heavy atom. The van der Waals surface area contributed by atoms with Gasteiger partial charge in [-0.25, -0.2) is 0 Å². The molecule has 3 aliphatic rings. The first-order chi connectivity index (χ1) is 13.7. The highest BCUT2D eigenvalue weighted by atomic mass is 32.1. The number of thiophene rings is 1. The third-order valence-electron chi connectivity index (χ3n) is 5.56. The van der Waals surface area contributed by atoms with Crippen LogP contribution in [-0.2, 0) is 4.79 Å². The topological polar surface area (TPSA) is 98.3 Å². The lowest BCUT2D eigenvalue weighted by Crippen LogP contribution is -2.57. The molecule has 7 nitrogen and oxygen atoms in total. The van der Waals surface area contributed by atoms with Gasteiger partial charge in [0.05, 0.1) is 5.52 Å². The molecule has 1 atom stereocenters. The van der Waals surface area contributed by atoms with Gasteiger partial charge < -0.3 is 15.3 Å². The SMILES string of the molecule is O=C(N[C@@H]1CN2CCC1CC2)c1n[nH]c2cc(-c3cccs3)ccc12.O=CO. The van der Waals surface area contributed by atoms with Gasteiger partial charge in [-0.05, 0) is 61.0 Å². The minimum absolute atomic E-state index is 0.0612. The minimum atomic E-state index is -0.250. The lowest BCUT2D eigenvalue weighted by Gasteiger charge is -2.44. The lowest BCUT2D eigenvalue weighted by molar-refractivity contribution is -0.122. The maximum absolute atomic E-state index is 12.8. The van der Waals surface area contributed by atoms with Crippen LogP contribution < -0.4 is 5.32 Å². The number of rotatable bonds is 3. The van der Waals surface area contributed by atoms with E-state index in [4.69, 9.17) is 9.90 Å². The maximum atomic E-state index is 12.8. The molecule has 146 valence electrons. The van der Waals surface area contributed by atoms with Crippen LogP contribution in [0.3, 0.4) is 0 Å². The van der Waals surface area contributed by atoms with E-state index in [9.17, 15) is 4.79 Å². The molecule has 1 amide bonds. The number of hydrogen-bond donors (Lipinski definition) is 3. The van der Waals surface area contributed by atoms with Gasteiger partial charge in [-0.1, -0.05) is 12.1 Å². The number of benzene rings is 1. The normalized spacial score (nSPS) is 23.1. The van der Waals surface area contributed by atoms with Crippen LogP contribution in [0, 0.1) is 5.92 Å². The van der Waals surface area contributed by atoms with Gasteiger partial charge in [-0.3, -0.25) is 14.7 Å². The number of aromatic nitrogens is 2. The van der Waals surface area contributed by atoms with E-state index in [0.29, 0.717) is 11.6 Å². The Morgan fingerprint density at radius 2 is 2.11 bits per heavy atom. The van der Waals surface area contributed by atoms with Crippen LogP contribution in [0.2, 0.25) is 0 Å². The van der Waals surface area contributed by atoms with Crippen LogP contribution in [-0.4, -0.2) is 58.3 Å². The van der Waals surface area contributed by atoms with Crippen molar-refractivity contribution >= 4 is 34.6 Å². The van der Waals surface area contributed by atoms with E-state index >= 15 is 0 Å². The Morgan fingerprint density at radius 1 is 1.32 bits per heavy atom. The highest BCUT2D eigenvalue weighted by Gasteiger charge is 2.35. The van der Waals surface area contributed by atoms with Crippen molar-refractivity contribution < 1.29 is 14.7 Å². The molecule has 8 heteroatoms. The fraction of sp³-hybridized carbons (Fsp3) is 0.350. The summed E-state index contributed by atoms with van der Waals surface area (Å²) >= 11 is 1.71. The molecule has 0 aliphatic carbocycles. The number of piperidine rings is 3. The third kappa shape index (κ3) is 3.65. The second-order valence-electron chi connectivity index (χ2n) is 7.13. The van der Waals surface area contributed by atoms with Crippen molar-refractivity contribution in [2.45, 2.75) is 18.9 Å². The fourth-order valence-corrected chi connectivity index (χ4v) is 4.88. The van der Waals surface area contributed by atoms with Crippen LogP contribution >= 0.6 is 11.3 Å². The van der Waals surface area contributed by atoms with Crippen molar-refractivity contribution in [3.05, 3.63) is 41.4 Å². The van der Waals surface area contributed by atoms with Crippen molar-refractivity contribution in [3.8, 4) is 10.4 Å². The number of nitrogens with one attached hydrogen (secondary N) is 2. The number of hydrogen-bond acceptors (Lipinski definition) is 5. The van der Waals surface area contributed by atoms with Gasteiger partial charge in [0.15, 0.2) is 5.69 Å². The molecule has 5 heterocycles. The Hall–Kier alpha value is -2.71. The summed E-state index contributed by atoms with van der Waals surface area (Å²) in [6.45, 7) is 3.07. The van der Waals surface area contributed by atoms with E-state index in [1.165, 1.54) is 30.8 Å². The average molecular weight is 398 g/mol. The van der Waals surface area contributed by atoms with E-state index in [0.717, 1.165) is 23.0 Å². The van der Waals surface area contributed by atoms with E-state index in [-0.39, 0.29) is 18.4 Å². The number of nitrogens with zero attached hydrogens (tertiary/aromatic N) is 2. The van der Waals surface area contributed by atoms with Crippen molar-refractivity contribution in [1.29, 1.82) is 0 Å². The molecule has 2 bridgehead atoms. The average Bonchev–Trinajstić information content (AvgIpc) is 3.39. The second-order valence-corrected chi connectivity index (χ2v) is 8.08. The molecule has 28 heavy (non-hydrogen) atoms. The maximum Gasteiger partial charge on any atom is 0.290 e. The van der Waals surface area contributed by atoms with Gasteiger partial charge in [0, 0.05) is 22.8 Å². The zero-order valence-electron chi connectivity index (χ0n) is 15.3. The Balaban J connectivity index is 0.000000604. The number of carboxylic acid groups (broad SMARTS) is 1. The van der Waals surface area contributed by atoms with Gasteiger partial charge in [-0.2, -0.15) is 5.10 Å². The summed E-state index contributed by atoms with van der Waals surface area (Å²) in [7, 11) is 0. The summed E-state index contributed by atoms with van der Waals surface area (Å²) in [5.74, 6) is 0.554. The second kappa shape index (κ2) is 8.12. The van der Waals surface area contributed by atoms with Crippen molar-refractivity contribution in [1.82, 2.24) is 20.4 Å². The van der Waals surface area contributed by atoms with Gasteiger partial charge in [-0.15, -0.1) is 11.3 Å². The zero-order valence-corrected chi connectivity index (χ0v) is 16.1. The fourth-order valence-electron chi connectivity index (χ4n) is 4.15.